The van der Waals surface area contributed by atoms with E-state index < -0.39 is 6.03 Å². The summed E-state index contributed by atoms with van der Waals surface area (Å²) in [6.07, 6.45) is 2.89. The van der Waals surface area contributed by atoms with Crippen LogP contribution in [0.1, 0.15) is 46.5 Å². The van der Waals surface area contributed by atoms with Crippen LogP contribution in [0.3, 0.4) is 0 Å². The normalized spacial score (nSPS) is 14.0. The third-order valence-electron chi connectivity index (χ3n) is 6.25. The molecule has 3 aromatic rings. The summed E-state index contributed by atoms with van der Waals surface area (Å²) in [6.45, 7) is 1.06. The number of nitrogens with one attached hydrogen (secondary N) is 2. The number of aromatic nitrogens is 1. The first-order chi connectivity index (χ1) is 17.8. The van der Waals surface area contributed by atoms with E-state index >= 15 is 0 Å². The number of nitrogen functional groups attached to an aromatic ring is 1. The van der Waals surface area contributed by atoms with Gasteiger partial charge in [-0.2, -0.15) is 0 Å². The SMILES string of the molecule is CN(C)C(CCC(NC(N)=O)c1ccc(C(=O)Nc2ccccc2N)nc1)c1ccc2c(c1)OCCO2. The molecule has 0 bridgehead atoms. The Morgan fingerprint density at radius 3 is 2.41 bits per heavy atom. The maximum Gasteiger partial charge on any atom is 0.312 e. The number of nitrogens with two attached hydrogens (primary N) is 2. The molecule has 10 heteroatoms. The molecule has 194 valence electrons. The molecular weight excluding hydrogens is 472 g/mol. The second-order valence-electron chi connectivity index (χ2n) is 9.04. The molecule has 0 radical (unpaired) electrons. The van der Waals surface area contributed by atoms with Gasteiger partial charge in [0, 0.05) is 12.2 Å². The molecule has 2 unspecified atom stereocenters. The van der Waals surface area contributed by atoms with E-state index in [-0.39, 0.29) is 23.7 Å². The van der Waals surface area contributed by atoms with Crippen molar-refractivity contribution in [2.45, 2.75) is 24.9 Å². The van der Waals surface area contributed by atoms with Crippen molar-refractivity contribution in [2.75, 3.05) is 38.4 Å². The van der Waals surface area contributed by atoms with Gasteiger partial charge in [0.05, 0.1) is 17.4 Å². The maximum atomic E-state index is 12.6. The minimum absolute atomic E-state index is 0.0577. The number of carbonyl (C=O) groups is 2. The number of ether oxygens (including phenoxy) is 2. The minimum atomic E-state index is -0.632. The first-order valence-electron chi connectivity index (χ1n) is 12.1. The highest BCUT2D eigenvalue weighted by atomic mass is 16.6. The number of hydrogen-bond donors (Lipinski definition) is 4. The second kappa shape index (κ2) is 11.6. The van der Waals surface area contributed by atoms with Gasteiger partial charge >= 0.3 is 6.03 Å². The van der Waals surface area contributed by atoms with Crippen LogP contribution in [0.25, 0.3) is 0 Å². The van der Waals surface area contributed by atoms with E-state index in [1.165, 1.54) is 0 Å². The summed E-state index contributed by atoms with van der Waals surface area (Å²) in [6, 6.07) is 15.4. The van der Waals surface area contributed by atoms with Crippen molar-refractivity contribution >= 4 is 23.3 Å². The summed E-state index contributed by atoms with van der Waals surface area (Å²) < 4.78 is 11.4. The number of pyridine rings is 1. The van der Waals surface area contributed by atoms with Crippen LogP contribution in [0.15, 0.2) is 60.8 Å². The van der Waals surface area contributed by atoms with Crippen molar-refractivity contribution < 1.29 is 19.1 Å². The molecule has 0 spiro atoms. The van der Waals surface area contributed by atoms with Crippen molar-refractivity contribution in [3.8, 4) is 11.5 Å². The highest BCUT2D eigenvalue weighted by molar-refractivity contribution is 6.04. The summed E-state index contributed by atoms with van der Waals surface area (Å²) in [5, 5.41) is 5.57. The Morgan fingerprint density at radius 2 is 1.73 bits per heavy atom. The number of benzene rings is 2. The Kier molecular flexibility index (Phi) is 8.09. The number of anilines is 2. The number of carbonyl (C=O) groups excluding carboxylic acids is 2. The van der Waals surface area contributed by atoms with E-state index in [1.54, 1.807) is 42.6 Å². The van der Waals surface area contributed by atoms with Gasteiger partial charge in [-0.1, -0.05) is 24.3 Å². The van der Waals surface area contributed by atoms with Gasteiger partial charge in [0.1, 0.15) is 18.9 Å². The van der Waals surface area contributed by atoms with Gasteiger partial charge in [-0.25, -0.2) is 4.79 Å². The summed E-state index contributed by atoms with van der Waals surface area (Å²) in [5.41, 5.74) is 14.4. The molecule has 2 heterocycles. The Balaban J connectivity index is 1.47. The van der Waals surface area contributed by atoms with E-state index in [4.69, 9.17) is 20.9 Å². The molecule has 4 rings (SSSR count). The molecule has 0 saturated carbocycles. The highest BCUT2D eigenvalue weighted by Gasteiger charge is 2.22. The molecule has 10 nitrogen and oxygen atoms in total. The highest BCUT2D eigenvalue weighted by Crippen LogP contribution is 2.36. The van der Waals surface area contributed by atoms with E-state index in [1.807, 2.05) is 32.3 Å². The van der Waals surface area contributed by atoms with Crippen LogP contribution >= 0.6 is 0 Å². The van der Waals surface area contributed by atoms with Crippen molar-refractivity contribution in [2.24, 2.45) is 5.73 Å². The molecule has 6 N–H and O–H groups in total. The maximum absolute atomic E-state index is 12.6. The second-order valence-corrected chi connectivity index (χ2v) is 9.04. The van der Waals surface area contributed by atoms with Gasteiger partial charge in [-0.05, 0) is 68.4 Å². The predicted molar refractivity (Wildman–Crippen MR) is 142 cm³/mol. The van der Waals surface area contributed by atoms with Gasteiger partial charge in [-0.3, -0.25) is 9.78 Å². The van der Waals surface area contributed by atoms with E-state index in [9.17, 15) is 9.59 Å². The third kappa shape index (κ3) is 6.47. The molecule has 0 fully saturated rings. The molecule has 2 atom stereocenters. The molecule has 1 aromatic heterocycles. The lowest BCUT2D eigenvalue weighted by molar-refractivity contribution is 0.102. The molecule has 2 aromatic carbocycles. The largest absolute Gasteiger partial charge is 0.486 e. The number of amides is 3. The average molecular weight is 505 g/mol. The number of hydrogen-bond acceptors (Lipinski definition) is 7. The van der Waals surface area contributed by atoms with E-state index in [0.29, 0.717) is 37.4 Å². The van der Waals surface area contributed by atoms with Crippen molar-refractivity contribution in [1.29, 1.82) is 0 Å². The minimum Gasteiger partial charge on any atom is -0.486 e. The summed E-state index contributed by atoms with van der Waals surface area (Å²) >= 11 is 0. The van der Waals surface area contributed by atoms with Crippen molar-refractivity contribution in [1.82, 2.24) is 15.2 Å². The first kappa shape index (κ1) is 25.8. The molecular formula is C27H32N6O4. The van der Waals surface area contributed by atoms with Crippen LogP contribution in [0.5, 0.6) is 11.5 Å². The molecule has 1 aliphatic rings. The molecule has 1 aliphatic heterocycles. The van der Waals surface area contributed by atoms with E-state index in [0.717, 1.165) is 22.6 Å². The fraction of sp³-hybridized carbons (Fsp3) is 0.296. The van der Waals surface area contributed by atoms with Crippen molar-refractivity contribution in [3.05, 3.63) is 77.6 Å². The van der Waals surface area contributed by atoms with E-state index in [2.05, 4.69) is 20.5 Å². The number of para-hydroxylation sites is 2. The Labute approximate surface area is 215 Å². The fourth-order valence-electron chi connectivity index (χ4n) is 4.35. The lowest BCUT2D eigenvalue weighted by Crippen LogP contribution is -2.34. The lowest BCUT2D eigenvalue weighted by Gasteiger charge is -2.28. The first-order valence-corrected chi connectivity index (χ1v) is 12.1. The molecule has 0 aliphatic carbocycles. The number of urea groups is 1. The van der Waals surface area contributed by atoms with Gasteiger partial charge in [-0.15, -0.1) is 0 Å². The number of primary amides is 1. The van der Waals surface area contributed by atoms with Crippen LogP contribution in [0.4, 0.5) is 16.2 Å². The quantitative estimate of drug-likeness (QED) is 0.327. The van der Waals surface area contributed by atoms with Crippen LogP contribution < -0.4 is 31.6 Å². The zero-order chi connectivity index (χ0) is 26.4. The van der Waals surface area contributed by atoms with Gasteiger partial charge < -0.3 is 36.5 Å². The number of nitrogens with zero attached hydrogens (tertiary/aromatic N) is 2. The van der Waals surface area contributed by atoms with Crippen molar-refractivity contribution in [3.63, 3.8) is 0 Å². The molecule has 3 amide bonds. The Hall–Kier alpha value is -4.31. The zero-order valence-electron chi connectivity index (χ0n) is 20.9. The summed E-state index contributed by atoms with van der Waals surface area (Å²) in [4.78, 5) is 30.8. The third-order valence-corrected chi connectivity index (χ3v) is 6.25. The van der Waals surface area contributed by atoms with Crippen LogP contribution in [-0.4, -0.2) is 49.1 Å². The lowest BCUT2D eigenvalue weighted by atomic mass is 9.95. The predicted octanol–water partition coefficient (Wildman–Crippen LogP) is 3.48. The topological polar surface area (TPSA) is 145 Å². The van der Waals surface area contributed by atoms with Gasteiger partial charge in [0.15, 0.2) is 11.5 Å². The smallest absolute Gasteiger partial charge is 0.312 e. The fourth-order valence-corrected chi connectivity index (χ4v) is 4.35. The summed E-state index contributed by atoms with van der Waals surface area (Å²) in [7, 11) is 4.01. The monoisotopic (exact) mass is 504 g/mol. The van der Waals surface area contributed by atoms with Crippen LogP contribution in [0.2, 0.25) is 0 Å². The Bertz CT molecular complexity index is 1250. The van der Waals surface area contributed by atoms with Gasteiger partial charge in [0.2, 0.25) is 0 Å². The number of fused-ring (bicyclic) bond motifs is 1. The zero-order valence-corrected chi connectivity index (χ0v) is 20.9. The molecule has 0 saturated heterocycles. The standard InChI is InChI=1S/C27H32N6O4/c1-33(2)23(17-8-12-24-25(15-17)37-14-13-36-24)11-10-20(32-27(29)35)18-7-9-22(30-16-18)26(34)31-21-6-4-3-5-19(21)28/h3-9,12,15-16,20,23H,10-11,13-14,28H2,1-2H3,(H,31,34)(H3,29,32,35). The van der Waals surface area contributed by atoms with Crippen LogP contribution in [0, 0.1) is 0 Å². The Morgan fingerprint density at radius 1 is 1.00 bits per heavy atom. The van der Waals surface area contributed by atoms with Gasteiger partial charge in [0.25, 0.3) is 5.91 Å². The average Bonchev–Trinajstić information content (AvgIpc) is 2.89. The van der Waals surface area contributed by atoms with Crippen LogP contribution in [-0.2, 0) is 0 Å². The molecule has 37 heavy (non-hydrogen) atoms. The summed E-state index contributed by atoms with van der Waals surface area (Å²) in [5.74, 6) is 1.10. The number of rotatable bonds is 9.